The van der Waals surface area contributed by atoms with Gasteiger partial charge in [-0.1, -0.05) is 53.4 Å². The molecule has 0 spiro atoms. The Morgan fingerprint density at radius 1 is 0.760 bits per heavy atom. The molecule has 0 saturated heterocycles. The fourth-order valence-corrected chi connectivity index (χ4v) is 2.64. The molecule has 0 aromatic carbocycles. The number of phosphoric acid groups is 1. The Labute approximate surface area is 155 Å². The molecule has 7 heteroatoms. The van der Waals surface area contributed by atoms with Crippen molar-refractivity contribution in [3.8, 4) is 6.07 Å². The quantitative estimate of drug-likeness (QED) is 0.339. The molecule has 0 aromatic heterocycles. The fourth-order valence-electron chi connectivity index (χ4n) is 2.64. The Morgan fingerprint density at radius 2 is 0.920 bits per heavy atom. The van der Waals surface area contributed by atoms with Crippen molar-refractivity contribution in [2.45, 2.75) is 86.0 Å². The summed E-state index contributed by atoms with van der Waals surface area (Å²) in [7, 11) is -4.64. The van der Waals surface area contributed by atoms with Crippen LogP contribution in [-0.4, -0.2) is 45.3 Å². The lowest BCUT2D eigenvalue weighted by molar-refractivity contribution is -0.929. The molecular formula is C18H42N2O4P+. The molecule has 0 radical (unpaired) electrons. The first-order valence-corrected chi connectivity index (χ1v) is 11.2. The van der Waals surface area contributed by atoms with E-state index in [0.29, 0.717) is 0 Å². The van der Waals surface area contributed by atoms with Crippen molar-refractivity contribution in [2.24, 2.45) is 0 Å². The first-order chi connectivity index (χ1) is 11.7. The number of hydrogen-bond donors (Lipinski definition) is 3. The zero-order chi connectivity index (χ0) is 20.2. The molecule has 0 fully saturated rings. The maximum absolute atomic E-state index is 8.88. The molecular weight excluding hydrogens is 339 g/mol. The zero-order valence-corrected chi connectivity index (χ0v) is 18.0. The Balaban J connectivity index is -0.000000504. The lowest BCUT2D eigenvalue weighted by Crippen LogP contribution is -2.50. The van der Waals surface area contributed by atoms with Crippen molar-refractivity contribution < 1.29 is 23.7 Å². The minimum absolute atomic E-state index is 1.35. The van der Waals surface area contributed by atoms with Gasteiger partial charge in [0.25, 0.3) is 0 Å². The standard InChI is InChI=1S/C16H36N.C2H3N.H3O4P/c1-5-9-13-17(14-10-6-2,15-11-7-3)16-12-8-4;1-2-3;1-5(2,3)4/h5-16H2,1-4H3;1H3;(H3,1,2,3,4)/q+1;;. The van der Waals surface area contributed by atoms with Gasteiger partial charge in [-0.2, -0.15) is 5.26 Å². The lowest BCUT2D eigenvalue weighted by Gasteiger charge is -2.39. The van der Waals surface area contributed by atoms with E-state index in [4.69, 9.17) is 24.5 Å². The maximum atomic E-state index is 8.88. The molecule has 152 valence electrons. The Hall–Kier alpha value is -0.440. The molecule has 0 heterocycles. The summed E-state index contributed by atoms with van der Waals surface area (Å²) < 4.78 is 10.3. The van der Waals surface area contributed by atoms with E-state index in [0.717, 1.165) is 0 Å². The summed E-state index contributed by atoms with van der Waals surface area (Å²) in [5.41, 5.74) is 0. The third-order valence-electron chi connectivity index (χ3n) is 3.94. The Bertz CT molecular complexity index is 308. The van der Waals surface area contributed by atoms with E-state index >= 15 is 0 Å². The second-order valence-corrected chi connectivity index (χ2v) is 7.41. The summed E-state index contributed by atoms with van der Waals surface area (Å²) in [5, 5.41) is 7.32. The summed E-state index contributed by atoms with van der Waals surface area (Å²) in [5.74, 6) is 0. The number of nitriles is 1. The number of quaternary nitrogens is 1. The molecule has 0 atom stereocenters. The van der Waals surface area contributed by atoms with Crippen LogP contribution >= 0.6 is 7.82 Å². The van der Waals surface area contributed by atoms with E-state index in [1.165, 1.54) is 89.0 Å². The molecule has 0 aromatic rings. The van der Waals surface area contributed by atoms with Gasteiger partial charge in [0, 0.05) is 6.92 Å². The van der Waals surface area contributed by atoms with Crippen LogP contribution < -0.4 is 0 Å². The van der Waals surface area contributed by atoms with Crippen LogP contribution in [0, 0.1) is 11.3 Å². The normalized spacial score (nSPS) is 10.8. The van der Waals surface area contributed by atoms with E-state index in [1.807, 2.05) is 0 Å². The Morgan fingerprint density at radius 3 is 1.04 bits per heavy atom. The smallest absolute Gasteiger partial charge is 0.324 e. The minimum Gasteiger partial charge on any atom is -0.324 e. The van der Waals surface area contributed by atoms with Crippen LogP contribution in [0.25, 0.3) is 0 Å². The van der Waals surface area contributed by atoms with Gasteiger partial charge in [0.15, 0.2) is 0 Å². The van der Waals surface area contributed by atoms with Gasteiger partial charge in [0.2, 0.25) is 0 Å². The third-order valence-corrected chi connectivity index (χ3v) is 3.94. The van der Waals surface area contributed by atoms with Gasteiger partial charge < -0.3 is 19.2 Å². The molecule has 3 N–H and O–H groups in total. The molecule has 25 heavy (non-hydrogen) atoms. The highest BCUT2D eigenvalue weighted by molar-refractivity contribution is 7.45. The first-order valence-electron chi connectivity index (χ1n) is 9.60. The minimum atomic E-state index is -4.64. The predicted octanol–water partition coefficient (Wildman–Crippen LogP) is 4.60. The second kappa shape index (κ2) is 19.9. The largest absolute Gasteiger partial charge is 0.466 e. The molecule has 0 saturated carbocycles. The van der Waals surface area contributed by atoms with Gasteiger partial charge in [0.1, 0.15) is 0 Å². The van der Waals surface area contributed by atoms with Crippen molar-refractivity contribution in [2.75, 3.05) is 26.2 Å². The number of rotatable bonds is 12. The third kappa shape index (κ3) is 28.6. The van der Waals surface area contributed by atoms with E-state index in [9.17, 15) is 0 Å². The second-order valence-electron chi connectivity index (χ2n) is 6.39. The van der Waals surface area contributed by atoms with E-state index < -0.39 is 7.82 Å². The first kappa shape index (κ1) is 29.3. The maximum Gasteiger partial charge on any atom is 0.466 e. The summed E-state index contributed by atoms with van der Waals surface area (Å²) in [6.07, 6.45) is 11.1. The van der Waals surface area contributed by atoms with Crippen LogP contribution in [0.2, 0.25) is 0 Å². The fraction of sp³-hybridized carbons (Fsp3) is 0.944. The molecule has 0 aliphatic heterocycles. The summed E-state index contributed by atoms with van der Waals surface area (Å²) in [6, 6.07) is 1.75. The highest BCUT2D eigenvalue weighted by Gasteiger charge is 2.24. The van der Waals surface area contributed by atoms with Crippen molar-refractivity contribution in [3.05, 3.63) is 0 Å². The van der Waals surface area contributed by atoms with Crippen molar-refractivity contribution in [3.63, 3.8) is 0 Å². The highest BCUT2D eigenvalue weighted by atomic mass is 31.2. The van der Waals surface area contributed by atoms with Crippen LogP contribution in [0.15, 0.2) is 0 Å². The lowest BCUT2D eigenvalue weighted by atomic mass is 10.1. The van der Waals surface area contributed by atoms with Crippen molar-refractivity contribution in [1.82, 2.24) is 0 Å². The molecule has 0 bridgehead atoms. The van der Waals surface area contributed by atoms with Crippen LogP contribution in [-0.2, 0) is 4.57 Å². The van der Waals surface area contributed by atoms with Gasteiger partial charge in [-0.15, -0.1) is 0 Å². The molecule has 0 aliphatic rings. The van der Waals surface area contributed by atoms with Gasteiger partial charge in [-0.25, -0.2) is 4.57 Å². The molecule has 0 amide bonds. The van der Waals surface area contributed by atoms with Crippen LogP contribution in [0.1, 0.15) is 86.0 Å². The number of hydrogen-bond acceptors (Lipinski definition) is 2. The topological polar surface area (TPSA) is 102 Å². The summed E-state index contributed by atoms with van der Waals surface area (Å²) in [4.78, 5) is 21.6. The monoisotopic (exact) mass is 381 g/mol. The van der Waals surface area contributed by atoms with E-state index in [1.54, 1.807) is 6.07 Å². The summed E-state index contributed by atoms with van der Waals surface area (Å²) in [6.45, 7) is 16.4. The molecule has 0 rings (SSSR count). The zero-order valence-electron chi connectivity index (χ0n) is 17.1. The number of nitrogens with zero attached hydrogens (tertiary/aromatic N) is 2. The van der Waals surface area contributed by atoms with Crippen LogP contribution in [0.3, 0.4) is 0 Å². The van der Waals surface area contributed by atoms with Gasteiger partial charge in [-0.3, -0.25) is 0 Å². The van der Waals surface area contributed by atoms with Crippen molar-refractivity contribution in [1.29, 1.82) is 5.26 Å². The molecule has 0 unspecified atom stereocenters. The van der Waals surface area contributed by atoms with E-state index in [2.05, 4.69) is 27.7 Å². The van der Waals surface area contributed by atoms with Crippen molar-refractivity contribution >= 4 is 7.82 Å². The Kier molecular flexibility index (Phi) is 23.3. The van der Waals surface area contributed by atoms with Gasteiger partial charge in [0.05, 0.1) is 32.2 Å². The molecule has 0 aliphatic carbocycles. The van der Waals surface area contributed by atoms with Gasteiger partial charge in [-0.05, 0) is 25.7 Å². The highest BCUT2D eigenvalue weighted by Crippen LogP contribution is 2.25. The SMILES string of the molecule is CC#N.CCCC[N+](CCCC)(CCCC)CCCC.O=P(O)(O)O. The summed E-state index contributed by atoms with van der Waals surface area (Å²) >= 11 is 0. The van der Waals surface area contributed by atoms with E-state index in [-0.39, 0.29) is 0 Å². The van der Waals surface area contributed by atoms with Crippen LogP contribution in [0.4, 0.5) is 0 Å². The van der Waals surface area contributed by atoms with Gasteiger partial charge >= 0.3 is 7.82 Å². The number of unbranched alkanes of at least 4 members (excludes halogenated alkanes) is 4. The molecule has 6 nitrogen and oxygen atoms in total. The van der Waals surface area contributed by atoms with Crippen LogP contribution in [0.5, 0.6) is 0 Å². The predicted molar refractivity (Wildman–Crippen MR) is 105 cm³/mol. The average molecular weight is 382 g/mol. The average Bonchev–Trinajstić information content (AvgIpc) is 2.53.